The molecule has 0 aliphatic heterocycles. The number of nitrogens with one attached hydrogen (secondary N) is 1. The third kappa shape index (κ3) is 1.99. The first-order valence-electron chi connectivity index (χ1n) is 4.23. The van der Waals surface area contributed by atoms with Crippen LogP contribution in [0.4, 0.5) is 5.69 Å². The fourth-order valence-electron chi connectivity index (χ4n) is 1.25. The molecule has 0 radical (unpaired) electrons. The Balaban J connectivity index is 3.10. The van der Waals surface area contributed by atoms with Crippen LogP contribution in [0.1, 0.15) is 22.8 Å². The zero-order chi connectivity index (χ0) is 9.84. The second-order valence-corrected chi connectivity index (χ2v) is 2.81. The van der Waals surface area contributed by atoms with Gasteiger partial charge in [0, 0.05) is 12.2 Å². The first kappa shape index (κ1) is 9.58. The standard InChI is InChI=1S/C10H13NO2/c1-3-11-9-6-4-5-8(7(9)2)10(12)13/h4-6,11H,3H2,1-2H3,(H,12,13). The molecule has 70 valence electrons. The van der Waals surface area contributed by atoms with E-state index in [4.69, 9.17) is 5.11 Å². The topological polar surface area (TPSA) is 49.3 Å². The quantitative estimate of drug-likeness (QED) is 0.747. The molecule has 0 saturated carbocycles. The Labute approximate surface area is 77.4 Å². The minimum Gasteiger partial charge on any atom is -0.478 e. The van der Waals surface area contributed by atoms with Crippen molar-refractivity contribution in [3.8, 4) is 0 Å². The first-order chi connectivity index (χ1) is 6.16. The van der Waals surface area contributed by atoms with Gasteiger partial charge in [-0.1, -0.05) is 6.07 Å². The fourth-order valence-corrected chi connectivity index (χ4v) is 1.25. The van der Waals surface area contributed by atoms with Crippen molar-refractivity contribution in [3.63, 3.8) is 0 Å². The van der Waals surface area contributed by atoms with E-state index in [-0.39, 0.29) is 0 Å². The normalized spacial score (nSPS) is 9.69. The summed E-state index contributed by atoms with van der Waals surface area (Å²) in [4.78, 5) is 10.8. The molecule has 0 heterocycles. The highest BCUT2D eigenvalue weighted by molar-refractivity contribution is 5.91. The lowest BCUT2D eigenvalue weighted by atomic mass is 10.1. The highest BCUT2D eigenvalue weighted by Gasteiger charge is 2.08. The van der Waals surface area contributed by atoms with E-state index in [2.05, 4.69) is 5.32 Å². The predicted octanol–water partition coefficient (Wildman–Crippen LogP) is 2.13. The van der Waals surface area contributed by atoms with E-state index in [1.807, 2.05) is 13.0 Å². The van der Waals surface area contributed by atoms with Crippen molar-refractivity contribution < 1.29 is 9.90 Å². The summed E-state index contributed by atoms with van der Waals surface area (Å²) in [5.41, 5.74) is 2.04. The Morgan fingerprint density at radius 2 is 2.23 bits per heavy atom. The minimum atomic E-state index is -0.878. The summed E-state index contributed by atoms with van der Waals surface area (Å²) in [6.45, 7) is 4.58. The summed E-state index contributed by atoms with van der Waals surface area (Å²) < 4.78 is 0. The van der Waals surface area contributed by atoms with Gasteiger partial charge in [-0.15, -0.1) is 0 Å². The molecular formula is C10H13NO2. The van der Waals surface area contributed by atoms with Crippen LogP contribution in [0, 0.1) is 6.92 Å². The van der Waals surface area contributed by atoms with Gasteiger partial charge in [0.2, 0.25) is 0 Å². The van der Waals surface area contributed by atoms with E-state index in [1.165, 1.54) is 0 Å². The smallest absolute Gasteiger partial charge is 0.336 e. The van der Waals surface area contributed by atoms with Gasteiger partial charge in [0.25, 0.3) is 0 Å². The van der Waals surface area contributed by atoms with E-state index in [9.17, 15) is 4.79 Å². The molecule has 1 aromatic rings. The van der Waals surface area contributed by atoms with Crippen LogP contribution < -0.4 is 5.32 Å². The number of hydrogen-bond donors (Lipinski definition) is 2. The molecule has 2 N–H and O–H groups in total. The molecule has 1 rings (SSSR count). The molecule has 0 aliphatic rings. The minimum absolute atomic E-state index is 0.360. The molecule has 0 aliphatic carbocycles. The van der Waals surface area contributed by atoms with Gasteiger partial charge >= 0.3 is 5.97 Å². The summed E-state index contributed by atoms with van der Waals surface area (Å²) in [5.74, 6) is -0.878. The summed E-state index contributed by atoms with van der Waals surface area (Å²) in [6.07, 6.45) is 0. The zero-order valence-electron chi connectivity index (χ0n) is 7.79. The van der Waals surface area contributed by atoms with Gasteiger partial charge in [0.05, 0.1) is 5.56 Å². The number of hydrogen-bond acceptors (Lipinski definition) is 2. The third-order valence-corrected chi connectivity index (χ3v) is 1.93. The monoisotopic (exact) mass is 179 g/mol. The SMILES string of the molecule is CCNc1cccc(C(=O)O)c1C. The van der Waals surface area contributed by atoms with Crippen LogP contribution in [0.3, 0.4) is 0 Å². The van der Waals surface area contributed by atoms with Crippen LogP contribution in [-0.2, 0) is 0 Å². The summed E-state index contributed by atoms with van der Waals surface area (Å²) in [7, 11) is 0. The zero-order valence-corrected chi connectivity index (χ0v) is 7.79. The molecule has 13 heavy (non-hydrogen) atoms. The highest BCUT2D eigenvalue weighted by atomic mass is 16.4. The van der Waals surface area contributed by atoms with Gasteiger partial charge in [0.1, 0.15) is 0 Å². The van der Waals surface area contributed by atoms with Crippen molar-refractivity contribution in [1.29, 1.82) is 0 Å². The lowest BCUT2D eigenvalue weighted by Crippen LogP contribution is -2.04. The van der Waals surface area contributed by atoms with Gasteiger partial charge in [-0.05, 0) is 31.5 Å². The molecule has 0 unspecified atom stereocenters. The van der Waals surface area contributed by atoms with Crippen LogP contribution in [-0.4, -0.2) is 17.6 Å². The van der Waals surface area contributed by atoms with Crippen LogP contribution in [0.15, 0.2) is 18.2 Å². The van der Waals surface area contributed by atoms with E-state index < -0.39 is 5.97 Å². The van der Waals surface area contributed by atoms with Gasteiger partial charge in [0.15, 0.2) is 0 Å². The maximum Gasteiger partial charge on any atom is 0.336 e. The average molecular weight is 179 g/mol. The number of anilines is 1. The molecule has 0 amide bonds. The molecule has 0 saturated heterocycles. The van der Waals surface area contributed by atoms with E-state index >= 15 is 0 Å². The highest BCUT2D eigenvalue weighted by Crippen LogP contribution is 2.18. The molecule has 0 bridgehead atoms. The molecule has 3 nitrogen and oxygen atoms in total. The second-order valence-electron chi connectivity index (χ2n) is 2.81. The Kier molecular flexibility index (Phi) is 2.90. The average Bonchev–Trinajstić information content (AvgIpc) is 2.08. The number of carboxylic acid groups (broad SMARTS) is 1. The summed E-state index contributed by atoms with van der Waals surface area (Å²) in [5, 5.41) is 11.9. The maximum atomic E-state index is 10.8. The van der Waals surface area contributed by atoms with Crippen LogP contribution >= 0.6 is 0 Å². The van der Waals surface area contributed by atoms with Gasteiger partial charge < -0.3 is 10.4 Å². The molecule has 0 aromatic heterocycles. The third-order valence-electron chi connectivity index (χ3n) is 1.93. The first-order valence-corrected chi connectivity index (χ1v) is 4.23. The predicted molar refractivity (Wildman–Crippen MR) is 52.3 cm³/mol. The Morgan fingerprint density at radius 3 is 2.77 bits per heavy atom. The Bertz CT molecular complexity index is 321. The largest absolute Gasteiger partial charge is 0.478 e. The maximum absolute atomic E-state index is 10.8. The van der Waals surface area contributed by atoms with E-state index in [1.54, 1.807) is 19.1 Å². The van der Waals surface area contributed by atoms with Gasteiger partial charge in [-0.25, -0.2) is 4.79 Å². The summed E-state index contributed by atoms with van der Waals surface area (Å²) in [6, 6.07) is 5.23. The number of benzene rings is 1. The Hall–Kier alpha value is -1.51. The number of carbonyl (C=O) groups is 1. The van der Waals surface area contributed by atoms with Crippen molar-refractivity contribution in [2.45, 2.75) is 13.8 Å². The van der Waals surface area contributed by atoms with E-state index in [0.29, 0.717) is 5.56 Å². The lowest BCUT2D eigenvalue weighted by molar-refractivity contribution is 0.0696. The van der Waals surface area contributed by atoms with Crippen molar-refractivity contribution in [1.82, 2.24) is 0 Å². The number of carboxylic acids is 1. The number of aromatic carboxylic acids is 1. The van der Waals surface area contributed by atoms with Crippen LogP contribution in [0.5, 0.6) is 0 Å². The number of rotatable bonds is 3. The van der Waals surface area contributed by atoms with Crippen LogP contribution in [0.25, 0.3) is 0 Å². The van der Waals surface area contributed by atoms with E-state index in [0.717, 1.165) is 17.8 Å². The molecule has 0 spiro atoms. The van der Waals surface area contributed by atoms with Crippen LogP contribution in [0.2, 0.25) is 0 Å². The fraction of sp³-hybridized carbons (Fsp3) is 0.300. The lowest BCUT2D eigenvalue weighted by Gasteiger charge is -2.08. The second kappa shape index (κ2) is 3.94. The van der Waals surface area contributed by atoms with Crippen molar-refractivity contribution in [2.75, 3.05) is 11.9 Å². The summed E-state index contributed by atoms with van der Waals surface area (Å²) >= 11 is 0. The van der Waals surface area contributed by atoms with Gasteiger partial charge in [-0.2, -0.15) is 0 Å². The molecule has 0 fully saturated rings. The van der Waals surface area contributed by atoms with Crippen molar-refractivity contribution in [3.05, 3.63) is 29.3 Å². The van der Waals surface area contributed by atoms with Crippen molar-refractivity contribution >= 4 is 11.7 Å². The Morgan fingerprint density at radius 1 is 1.54 bits per heavy atom. The molecule has 3 heteroatoms. The molecule has 0 atom stereocenters. The molecule has 1 aromatic carbocycles. The van der Waals surface area contributed by atoms with Gasteiger partial charge in [-0.3, -0.25) is 0 Å². The molecular weight excluding hydrogens is 166 g/mol. The van der Waals surface area contributed by atoms with Crippen molar-refractivity contribution in [2.24, 2.45) is 0 Å².